The monoisotopic (exact) mass is 407 g/mol. The number of piperidine rings is 1. The van der Waals surface area contributed by atoms with E-state index >= 15 is 0 Å². The molecule has 0 radical (unpaired) electrons. The normalized spacial score (nSPS) is 17.5. The summed E-state index contributed by atoms with van der Waals surface area (Å²) in [7, 11) is 0. The van der Waals surface area contributed by atoms with Gasteiger partial charge in [0.2, 0.25) is 0 Å². The van der Waals surface area contributed by atoms with Gasteiger partial charge in [-0.05, 0) is 80.4 Å². The predicted molar refractivity (Wildman–Crippen MR) is 118 cm³/mol. The summed E-state index contributed by atoms with van der Waals surface area (Å²) in [6.07, 6.45) is 6.14. The van der Waals surface area contributed by atoms with Crippen LogP contribution in [0.25, 0.3) is 11.0 Å². The highest BCUT2D eigenvalue weighted by molar-refractivity contribution is 5.74. The number of carbonyl (C=O) groups is 1. The number of nitrogens with one attached hydrogen (secondary N) is 1. The van der Waals surface area contributed by atoms with E-state index in [4.69, 9.17) is 9.90 Å². The first-order valence-corrected chi connectivity index (χ1v) is 10.7. The zero-order chi connectivity index (χ0) is 21.0. The van der Waals surface area contributed by atoms with Crippen molar-refractivity contribution >= 4 is 17.5 Å². The Kier molecular flexibility index (Phi) is 6.04. The van der Waals surface area contributed by atoms with Crippen LogP contribution in [0.15, 0.2) is 53.3 Å². The van der Waals surface area contributed by atoms with E-state index in [0.29, 0.717) is 5.41 Å². The molecule has 6 nitrogen and oxygen atoms in total. The van der Waals surface area contributed by atoms with Gasteiger partial charge in [-0.1, -0.05) is 36.4 Å². The number of imidazole rings is 1. The molecule has 0 amide bonds. The van der Waals surface area contributed by atoms with E-state index in [1.165, 1.54) is 38.8 Å². The lowest BCUT2D eigenvalue weighted by Gasteiger charge is -2.40. The Labute approximate surface area is 176 Å². The van der Waals surface area contributed by atoms with Crippen LogP contribution in [-0.4, -0.2) is 45.7 Å². The summed E-state index contributed by atoms with van der Waals surface area (Å²) in [5.74, 6) is 0. The molecular formula is C24H29N3O3. The van der Waals surface area contributed by atoms with Gasteiger partial charge in [-0.2, -0.15) is 0 Å². The molecule has 0 atom stereocenters. The number of aryl methyl sites for hydroxylation is 2. The van der Waals surface area contributed by atoms with Crippen LogP contribution in [0.2, 0.25) is 0 Å². The average Bonchev–Trinajstić information content (AvgIpc) is 3.28. The number of rotatable bonds is 4. The van der Waals surface area contributed by atoms with E-state index in [1.54, 1.807) is 11.1 Å². The van der Waals surface area contributed by atoms with Crippen molar-refractivity contribution in [3.63, 3.8) is 0 Å². The highest BCUT2D eigenvalue weighted by Crippen LogP contribution is 2.46. The second kappa shape index (κ2) is 8.88. The number of hydrogen-bond acceptors (Lipinski definition) is 3. The number of aromatic amines is 1. The molecule has 2 N–H and O–H groups in total. The molecule has 1 aliphatic carbocycles. The van der Waals surface area contributed by atoms with Gasteiger partial charge in [0.15, 0.2) is 0 Å². The number of hydrogen-bond donors (Lipinski definition) is 2. The molecule has 2 heterocycles. The number of nitrogens with zero attached hydrogens (tertiary/aromatic N) is 2. The molecule has 30 heavy (non-hydrogen) atoms. The summed E-state index contributed by atoms with van der Waals surface area (Å²) in [4.78, 5) is 26.1. The second-order valence-electron chi connectivity index (χ2n) is 8.34. The number of H-pyrrole nitrogens is 1. The van der Waals surface area contributed by atoms with Crippen LogP contribution in [0.4, 0.5) is 0 Å². The van der Waals surface area contributed by atoms with Gasteiger partial charge < -0.3 is 15.0 Å². The van der Waals surface area contributed by atoms with Gasteiger partial charge in [0.05, 0.1) is 11.0 Å². The van der Waals surface area contributed by atoms with Crippen LogP contribution in [0.5, 0.6) is 0 Å². The largest absolute Gasteiger partial charge is 0.483 e. The first kappa shape index (κ1) is 20.4. The number of benzene rings is 2. The van der Waals surface area contributed by atoms with Crippen LogP contribution in [0.3, 0.4) is 0 Å². The third-order valence-electron chi connectivity index (χ3n) is 6.81. The number of likely N-dealkylation sites (tertiary alicyclic amines) is 1. The van der Waals surface area contributed by atoms with Crippen LogP contribution in [0, 0.1) is 0 Å². The Bertz CT molecular complexity index is 1060. The van der Waals surface area contributed by atoms with Gasteiger partial charge in [-0.15, -0.1) is 0 Å². The third kappa shape index (κ3) is 3.92. The smallest absolute Gasteiger partial charge is 0.326 e. The van der Waals surface area contributed by atoms with Gasteiger partial charge in [-0.25, -0.2) is 4.79 Å². The molecule has 6 heteroatoms. The number of carboxylic acid groups (broad SMARTS) is 1. The summed E-state index contributed by atoms with van der Waals surface area (Å²) < 4.78 is 1.88. The van der Waals surface area contributed by atoms with Gasteiger partial charge >= 0.3 is 5.69 Å². The third-order valence-corrected chi connectivity index (χ3v) is 6.81. The summed E-state index contributed by atoms with van der Waals surface area (Å²) in [5.41, 5.74) is 5.59. The van der Waals surface area contributed by atoms with Crippen LogP contribution in [0.1, 0.15) is 36.8 Å². The molecule has 0 unspecified atom stereocenters. The minimum atomic E-state index is -0.250. The minimum absolute atomic E-state index is 0.0105. The quantitative estimate of drug-likeness (QED) is 0.650. The van der Waals surface area contributed by atoms with Crippen LogP contribution in [-0.2, 0) is 23.2 Å². The lowest BCUT2D eigenvalue weighted by Crippen LogP contribution is -2.42. The maximum Gasteiger partial charge on any atom is 0.326 e. The molecule has 158 valence electrons. The minimum Gasteiger partial charge on any atom is -0.483 e. The van der Waals surface area contributed by atoms with Crippen molar-refractivity contribution in [2.75, 3.05) is 19.6 Å². The SMILES string of the molecule is O=CO.O=c1[nH]c2ccccc2n1CCCN1CCC2(CCc3ccccc32)CC1. The lowest BCUT2D eigenvalue weighted by atomic mass is 9.74. The molecule has 2 aliphatic rings. The second-order valence-corrected chi connectivity index (χ2v) is 8.34. The van der Waals surface area contributed by atoms with Crippen molar-refractivity contribution in [1.29, 1.82) is 0 Å². The van der Waals surface area contributed by atoms with Gasteiger partial charge in [0.25, 0.3) is 6.47 Å². The molecule has 1 spiro atoms. The molecule has 1 fully saturated rings. The van der Waals surface area contributed by atoms with Crippen molar-refractivity contribution in [3.05, 3.63) is 70.1 Å². The van der Waals surface area contributed by atoms with Crippen molar-refractivity contribution < 1.29 is 9.90 Å². The number of aromatic nitrogens is 2. The summed E-state index contributed by atoms with van der Waals surface area (Å²) >= 11 is 0. The topological polar surface area (TPSA) is 78.3 Å². The summed E-state index contributed by atoms with van der Waals surface area (Å²) in [5, 5.41) is 6.89. The first-order valence-electron chi connectivity index (χ1n) is 10.7. The van der Waals surface area contributed by atoms with Crippen molar-refractivity contribution in [1.82, 2.24) is 14.5 Å². The Morgan fingerprint density at radius 1 is 1.00 bits per heavy atom. The number of fused-ring (bicyclic) bond motifs is 3. The van der Waals surface area contributed by atoms with E-state index in [0.717, 1.165) is 30.5 Å². The van der Waals surface area contributed by atoms with E-state index < -0.39 is 0 Å². The molecule has 0 saturated carbocycles. The van der Waals surface area contributed by atoms with Gasteiger partial charge in [0, 0.05) is 6.54 Å². The Morgan fingerprint density at radius 3 is 2.50 bits per heavy atom. The molecule has 5 rings (SSSR count). The van der Waals surface area contributed by atoms with E-state index in [-0.39, 0.29) is 12.2 Å². The average molecular weight is 408 g/mol. The standard InChI is InChI=1S/C23H27N3O.CH2O2/c27-22-24-20-8-3-4-9-21(20)26(22)15-5-14-25-16-12-23(13-17-25)11-10-18-6-1-2-7-19(18)23;2-1-3/h1-4,6-9H,5,10-17H2,(H,24,27);1H,(H,2,3). The zero-order valence-electron chi connectivity index (χ0n) is 17.2. The maximum atomic E-state index is 12.2. The summed E-state index contributed by atoms with van der Waals surface area (Å²) in [6, 6.07) is 17.0. The van der Waals surface area contributed by atoms with Crippen molar-refractivity contribution in [2.24, 2.45) is 0 Å². The van der Waals surface area contributed by atoms with Gasteiger partial charge in [-0.3, -0.25) is 9.36 Å². The van der Waals surface area contributed by atoms with Crippen molar-refractivity contribution in [3.8, 4) is 0 Å². The summed E-state index contributed by atoms with van der Waals surface area (Å²) in [6.45, 7) is 3.96. The van der Waals surface area contributed by atoms with Crippen LogP contribution < -0.4 is 5.69 Å². The van der Waals surface area contributed by atoms with E-state index in [9.17, 15) is 4.79 Å². The molecule has 1 aliphatic heterocycles. The molecule has 0 bridgehead atoms. The molecular weight excluding hydrogens is 378 g/mol. The highest BCUT2D eigenvalue weighted by atomic mass is 16.3. The Balaban J connectivity index is 0.000000687. The Hall–Kier alpha value is -2.86. The molecule has 3 aromatic rings. The van der Waals surface area contributed by atoms with Crippen molar-refractivity contribution in [2.45, 2.75) is 44.1 Å². The molecule has 2 aromatic carbocycles. The molecule has 1 saturated heterocycles. The van der Waals surface area contributed by atoms with Gasteiger partial charge in [0.1, 0.15) is 0 Å². The highest BCUT2D eigenvalue weighted by Gasteiger charge is 2.40. The first-order chi connectivity index (χ1) is 14.7. The zero-order valence-corrected chi connectivity index (χ0v) is 17.2. The Morgan fingerprint density at radius 2 is 1.70 bits per heavy atom. The predicted octanol–water partition coefficient (Wildman–Crippen LogP) is 3.40. The molecule has 1 aromatic heterocycles. The maximum absolute atomic E-state index is 12.2. The number of para-hydroxylation sites is 2. The van der Waals surface area contributed by atoms with E-state index in [1.807, 2.05) is 28.8 Å². The fourth-order valence-corrected chi connectivity index (χ4v) is 5.27. The van der Waals surface area contributed by atoms with E-state index in [2.05, 4.69) is 34.1 Å². The van der Waals surface area contributed by atoms with Crippen LogP contribution >= 0.6 is 0 Å². The fourth-order valence-electron chi connectivity index (χ4n) is 5.27. The fraction of sp³-hybridized carbons (Fsp3) is 0.417. The lowest BCUT2D eigenvalue weighted by molar-refractivity contribution is -0.122.